The monoisotopic (exact) mass is 425 g/mol. The van der Waals surface area contributed by atoms with Gasteiger partial charge in [-0.05, 0) is 64.5 Å². The number of ether oxygens (including phenoxy) is 2. The lowest BCUT2D eigenvalue weighted by atomic mass is 10.2. The highest BCUT2D eigenvalue weighted by Crippen LogP contribution is 2.25. The van der Waals surface area contributed by atoms with Gasteiger partial charge in [-0.1, -0.05) is 6.42 Å². The molecule has 2 aromatic heterocycles. The van der Waals surface area contributed by atoms with Crippen molar-refractivity contribution in [3.8, 4) is 5.75 Å². The summed E-state index contributed by atoms with van der Waals surface area (Å²) in [5.41, 5.74) is 2.50. The molecule has 0 radical (unpaired) electrons. The third-order valence-electron chi connectivity index (χ3n) is 5.72. The van der Waals surface area contributed by atoms with Crippen molar-refractivity contribution in [2.45, 2.75) is 71.3 Å². The summed E-state index contributed by atoms with van der Waals surface area (Å²) in [5, 5.41) is 11.9. The van der Waals surface area contributed by atoms with Crippen molar-refractivity contribution in [3.63, 3.8) is 0 Å². The SMILES string of the molecule is CCOc1ccc2c(c1)nc(NCCCCCC(=O)OC1CCCC1)c1nnc(C)n12. The highest BCUT2D eigenvalue weighted by atomic mass is 16.5. The molecule has 2 heterocycles. The third kappa shape index (κ3) is 5.06. The van der Waals surface area contributed by atoms with Gasteiger partial charge in [0.25, 0.3) is 0 Å². The summed E-state index contributed by atoms with van der Waals surface area (Å²) in [6.07, 6.45) is 7.80. The van der Waals surface area contributed by atoms with E-state index in [0.717, 1.165) is 61.3 Å². The molecule has 166 valence electrons. The predicted octanol–water partition coefficient (Wildman–Crippen LogP) is 4.44. The summed E-state index contributed by atoms with van der Waals surface area (Å²) in [4.78, 5) is 16.7. The van der Waals surface area contributed by atoms with Gasteiger partial charge in [0.15, 0.2) is 5.82 Å². The molecule has 1 saturated carbocycles. The summed E-state index contributed by atoms with van der Waals surface area (Å²) in [5.74, 6) is 2.27. The Labute approximate surface area is 182 Å². The summed E-state index contributed by atoms with van der Waals surface area (Å²) in [6.45, 7) is 5.26. The van der Waals surface area contributed by atoms with Crippen LogP contribution in [0.2, 0.25) is 0 Å². The molecule has 0 amide bonds. The molecular formula is C23H31N5O3. The van der Waals surface area contributed by atoms with Gasteiger partial charge in [-0.25, -0.2) is 4.98 Å². The summed E-state index contributed by atoms with van der Waals surface area (Å²) >= 11 is 0. The number of aromatic nitrogens is 4. The third-order valence-corrected chi connectivity index (χ3v) is 5.72. The molecule has 8 nitrogen and oxygen atoms in total. The second-order valence-electron chi connectivity index (χ2n) is 8.08. The van der Waals surface area contributed by atoms with E-state index < -0.39 is 0 Å². The summed E-state index contributed by atoms with van der Waals surface area (Å²) in [6, 6.07) is 5.88. The number of hydrogen-bond acceptors (Lipinski definition) is 7. The van der Waals surface area contributed by atoms with Crippen LogP contribution in [0.15, 0.2) is 18.2 Å². The maximum Gasteiger partial charge on any atom is 0.306 e. The molecule has 1 aliphatic carbocycles. The number of nitrogens with one attached hydrogen (secondary N) is 1. The zero-order valence-corrected chi connectivity index (χ0v) is 18.4. The molecular weight excluding hydrogens is 394 g/mol. The first kappa shape index (κ1) is 21.3. The fourth-order valence-corrected chi connectivity index (χ4v) is 4.16. The van der Waals surface area contributed by atoms with Gasteiger partial charge in [-0.3, -0.25) is 9.20 Å². The van der Waals surface area contributed by atoms with Gasteiger partial charge in [0.1, 0.15) is 17.7 Å². The van der Waals surface area contributed by atoms with E-state index in [0.29, 0.717) is 24.5 Å². The minimum absolute atomic E-state index is 0.0539. The molecule has 4 rings (SSSR count). The van der Waals surface area contributed by atoms with E-state index in [4.69, 9.17) is 14.5 Å². The van der Waals surface area contributed by atoms with Crippen LogP contribution in [0.1, 0.15) is 64.1 Å². The van der Waals surface area contributed by atoms with Gasteiger partial charge in [0.2, 0.25) is 5.65 Å². The zero-order chi connectivity index (χ0) is 21.6. The van der Waals surface area contributed by atoms with Crippen LogP contribution in [-0.4, -0.2) is 44.8 Å². The Kier molecular flexibility index (Phi) is 6.84. The van der Waals surface area contributed by atoms with Crippen LogP contribution in [0.5, 0.6) is 5.75 Å². The molecule has 0 aliphatic heterocycles. The number of fused-ring (bicyclic) bond motifs is 3. The number of anilines is 1. The fraction of sp³-hybridized carbons (Fsp3) is 0.565. The molecule has 0 atom stereocenters. The topological polar surface area (TPSA) is 90.6 Å². The Balaban J connectivity index is 1.33. The molecule has 0 saturated heterocycles. The van der Waals surface area contributed by atoms with Gasteiger partial charge in [-0.15, -0.1) is 10.2 Å². The van der Waals surface area contributed by atoms with Gasteiger partial charge in [0.05, 0.1) is 17.6 Å². The van der Waals surface area contributed by atoms with Crippen LogP contribution in [-0.2, 0) is 9.53 Å². The number of unbranched alkanes of at least 4 members (excludes halogenated alkanes) is 2. The van der Waals surface area contributed by atoms with Crippen molar-refractivity contribution >= 4 is 28.5 Å². The second-order valence-corrected chi connectivity index (χ2v) is 8.08. The van der Waals surface area contributed by atoms with E-state index in [9.17, 15) is 4.79 Å². The predicted molar refractivity (Wildman–Crippen MR) is 119 cm³/mol. The minimum Gasteiger partial charge on any atom is -0.494 e. The summed E-state index contributed by atoms with van der Waals surface area (Å²) in [7, 11) is 0. The number of hydrogen-bond donors (Lipinski definition) is 1. The number of esters is 1. The van der Waals surface area contributed by atoms with Crippen molar-refractivity contribution in [1.29, 1.82) is 0 Å². The highest BCUT2D eigenvalue weighted by Gasteiger charge is 2.18. The van der Waals surface area contributed by atoms with Gasteiger partial charge in [-0.2, -0.15) is 0 Å². The first-order valence-electron chi connectivity index (χ1n) is 11.4. The van der Waals surface area contributed by atoms with Crippen LogP contribution < -0.4 is 10.1 Å². The first-order valence-corrected chi connectivity index (χ1v) is 11.4. The molecule has 1 fully saturated rings. The standard InChI is InChI=1S/C23H31N5O3/c1-3-30-18-12-13-20-19(15-18)25-22(23-27-26-16(2)28(20)23)24-14-8-4-5-11-21(29)31-17-9-6-7-10-17/h12-13,15,17H,3-11,14H2,1-2H3,(H,24,25). The largest absolute Gasteiger partial charge is 0.494 e. The average molecular weight is 426 g/mol. The van der Waals surface area contributed by atoms with E-state index >= 15 is 0 Å². The van der Waals surface area contributed by atoms with Crippen molar-refractivity contribution in [3.05, 3.63) is 24.0 Å². The number of aryl methyl sites for hydroxylation is 1. The summed E-state index contributed by atoms with van der Waals surface area (Å²) < 4.78 is 13.2. The minimum atomic E-state index is -0.0539. The van der Waals surface area contributed by atoms with Gasteiger partial charge >= 0.3 is 5.97 Å². The Morgan fingerprint density at radius 1 is 1.19 bits per heavy atom. The smallest absolute Gasteiger partial charge is 0.306 e. The van der Waals surface area contributed by atoms with Crippen LogP contribution in [0.4, 0.5) is 5.82 Å². The lowest BCUT2D eigenvalue weighted by molar-refractivity contribution is -0.148. The van der Waals surface area contributed by atoms with Crippen LogP contribution in [0.3, 0.4) is 0 Å². The van der Waals surface area contributed by atoms with Gasteiger partial charge in [0, 0.05) is 19.0 Å². The maximum absolute atomic E-state index is 11.9. The van der Waals surface area contributed by atoms with Crippen molar-refractivity contribution in [2.24, 2.45) is 0 Å². The van der Waals surface area contributed by atoms with Crippen molar-refractivity contribution < 1.29 is 14.3 Å². The van der Waals surface area contributed by atoms with E-state index in [1.807, 2.05) is 36.4 Å². The highest BCUT2D eigenvalue weighted by molar-refractivity contribution is 5.84. The molecule has 3 aromatic rings. The Bertz CT molecular complexity index is 1040. The molecule has 1 aliphatic rings. The quantitative estimate of drug-likeness (QED) is 0.379. The van der Waals surface area contributed by atoms with E-state index in [1.165, 1.54) is 12.8 Å². The maximum atomic E-state index is 11.9. The molecule has 8 heteroatoms. The first-order chi connectivity index (χ1) is 15.2. The molecule has 0 bridgehead atoms. The lowest BCUT2D eigenvalue weighted by Crippen LogP contribution is -2.14. The molecule has 0 unspecified atom stereocenters. The fourth-order valence-electron chi connectivity index (χ4n) is 4.16. The van der Waals surface area contributed by atoms with Crippen LogP contribution in [0, 0.1) is 6.92 Å². The lowest BCUT2D eigenvalue weighted by Gasteiger charge is -2.12. The molecule has 1 aromatic carbocycles. The molecule has 1 N–H and O–H groups in total. The van der Waals surface area contributed by atoms with Crippen molar-refractivity contribution in [2.75, 3.05) is 18.5 Å². The normalized spacial score (nSPS) is 14.4. The van der Waals surface area contributed by atoms with Crippen LogP contribution >= 0.6 is 0 Å². The molecule has 31 heavy (non-hydrogen) atoms. The van der Waals surface area contributed by atoms with Crippen molar-refractivity contribution in [1.82, 2.24) is 19.6 Å². The number of carbonyl (C=O) groups excluding carboxylic acids is 1. The Hall–Kier alpha value is -2.90. The van der Waals surface area contributed by atoms with E-state index in [-0.39, 0.29) is 12.1 Å². The van der Waals surface area contributed by atoms with E-state index in [2.05, 4.69) is 15.5 Å². The van der Waals surface area contributed by atoms with Crippen LogP contribution in [0.25, 0.3) is 16.7 Å². The number of nitrogens with zero attached hydrogens (tertiary/aromatic N) is 4. The Morgan fingerprint density at radius 3 is 2.84 bits per heavy atom. The Morgan fingerprint density at radius 2 is 2.03 bits per heavy atom. The average Bonchev–Trinajstić information content (AvgIpc) is 3.40. The number of rotatable bonds is 10. The number of carbonyl (C=O) groups is 1. The molecule has 0 spiro atoms. The zero-order valence-electron chi connectivity index (χ0n) is 18.4. The van der Waals surface area contributed by atoms with E-state index in [1.54, 1.807) is 0 Å². The number of benzene rings is 1. The van der Waals surface area contributed by atoms with Gasteiger partial charge < -0.3 is 14.8 Å². The second kappa shape index (κ2) is 9.94.